The van der Waals surface area contributed by atoms with Gasteiger partial charge in [-0.15, -0.1) is 0 Å². The zero-order valence-corrected chi connectivity index (χ0v) is 17.3. The van der Waals surface area contributed by atoms with Gasteiger partial charge in [-0.25, -0.2) is 9.97 Å². The topological polar surface area (TPSA) is 58.6 Å². The molecule has 1 fully saturated rings. The van der Waals surface area contributed by atoms with Crippen LogP contribution in [0.4, 0.5) is 5.82 Å². The van der Waals surface area contributed by atoms with Gasteiger partial charge in [-0.05, 0) is 24.6 Å². The normalized spacial score (nSPS) is 17.2. The van der Waals surface area contributed by atoms with Gasteiger partial charge in [0, 0.05) is 57.1 Å². The van der Waals surface area contributed by atoms with Gasteiger partial charge in [-0.2, -0.15) is 0 Å². The van der Waals surface area contributed by atoms with Crippen molar-refractivity contribution in [1.29, 1.82) is 0 Å². The maximum atomic E-state index is 12.2. The second-order valence-electron chi connectivity index (χ2n) is 7.52. The van der Waals surface area contributed by atoms with Crippen molar-refractivity contribution in [2.45, 2.75) is 45.8 Å². The van der Waals surface area contributed by atoms with Gasteiger partial charge in [0.15, 0.2) is 0 Å². The van der Waals surface area contributed by atoms with Crippen molar-refractivity contribution >= 4 is 23.3 Å². The number of piperidine rings is 1. The molecule has 3 heterocycles. The van der Waals surface area contributed by atoms with E-state index in [-0.39, 0.29) is 12.0 Å². The molecule has 1 saturated heterocycles. The van der Waals surface area contributed by atoms with Gasteiger partial charge < -0.3 is 14.5 Å². The number of aryl methyl sites for hydroxylation is 1. The van der Waals surface area contributed by atoms with Crippen molar-refractivity contribution in [3.8, 4) is 5.75 Å². The van der Waals surface area contributed by atoms with E-state index >= 15 is 0 Å². The minimum Gasteiger partial charge on any atom is -0.490 e. The van der Waals surface area contributed by atoms with Crippen molar-refractivity contribution in [3.05, 3.63) is 45.9 Å². The number of carbonyl (C=O) groups excluding carboxylic acids is 1. The highest BCUT2D eigenvalue weighted by molar-refractivity contribution is 6.30. The molecule has 2 aliphatic rings. The van der Waals surface area contributed by atoms with Crippen LogP contribution >= 0.6 is 11.6 Å². The van der Waals surface area contributed by atoms with E-state index in [0.29, 0.717) is 11.7 Å². The molecular weight excluding hydrogens is 376 g/mol. The minimum absolute atomic E-state index is 0.0677. The molecule has 148 valence electrons. The van der Waals surface area contributed by atoms with E-state index in [2.05, 4.69) is 14.9 Å². The van der Waals surface area contributed by atoms with Gasteiger partial charge in [0.2, 0.25) is 0 Å². The molecule has 0 aliphatic carbocycles. The lowest BCUT2D eigenvalue weighted by molar-refractivity contribution is 0.0816. The molecule has 0 unspecified atom stereocenters. The van der Waals surface area contributed by atoms with Gasteiger partial charge in [0.1, 0.15) is 28.6 Å². The second kappa shape index (κ2) is 7.59. The van der Waals surface area contributed by atoms with Crippen LogP contribution in [-0.2, 0) is 13.0 Å². The van der Waals surface area contributed by atoms with Gasteiger partial charge in [0.05, 0.1) is 0 Å². The van der Waals surface area contributed by atoms with Crippen LogP contribution in [0.2, 0.25) is 5.15 Å². The first-order valence-corrected chi connectivity index (χ1v) is 10.2. The smallest absolute Gasteiger partial charge is 0.254 e. The molecule has 2 aromatic rings. The zero-order chi connectivity index (χ0) is 19.8. The third-order valence-corrected chi connectivity index (χ3v) is 5.90. The Kier molecular flexibility index (Phi) is 5.15. The van der Waals surface area contributed by atoms with Crippen LogP contribution in [0.25, 0.3) is 0 Å². The van der Waals surface area contributed by atoms with Gasteiger partial charge in [-0.3, -0.25) is 4.79 Å². The Labute approximate surface area is 170 Å². The summed E-state index contributed by atoms with van der Waals surface area (Å²) in [5.41, 5.74) is 2.76. The summed E-state index contributed by atoms with van der Waals surface area (Å²) in [6.07, 6.45) is 2.69. The molecule has 1 amide bonds. The average molecular weight is 401 g/mol. The summed E-state index contributed by atoms with van der Waals surface area (Å²) in [5, 5.41) is 0.535. The number of anilines is 1. The summed E-state index contributed by atoms with van der Waals surface area (Å²) >= 11 is 6.29. The number of carbonyl (C=O) groups is 1. The van der Waals surface area contributed by atoms with Gasteiger partial charge in [0.25, 0.3) is 5.91 Å². The van der Waals surface area contributed by atoms with E-state index < -0.39 is 0 Å². The van der Waals surface area contributed by atoms with Gasteiger partial charge in [-0.1, -0.05) is 24.6 Å². The summed E-state index contributed by atoms with van der Waals surface area (Å²) in [6, 6.07) is 5.86. The Morgan fingerprint density at radius 2 is 2.00 bits per heavy atom. The van der Waals surface area contributed by atoms with Crippen molar-refractivity contribution in [3.63, 3.8) is 0 Å². The molecule has 0 N–H and O–H groups in total. The Hall–Kier alpha value is -2.34. The number of hydrogen-bond donors (Lipinski definition) is 0. The standard InChI is InChI=1S/C21H25ClN4O2/c1-4-18-23-19(22)13(2)20(24-18)26-9-7-15(8-10-26)28-16-6-5-14-12-25(3)21(27)17(14)11-16/h5-6,11,15H,4,7-10,12H2,1-3H3. The number of nitrogens with zero attached hydrogens (tertiary/aromatic N) is 4. The summed E-state index contributed by atoms with van der Waals surface area (Å²) < 4.78 is 6.19. The monoisotopic (exact) mass is 400 g/mol. The largest absolute Gasteiger partial charge is 0.490 e. The van der Waals surface area contributed by atoms with Crippen molar-refractivity contribution in [2.24, 2.45) is 0 Å². The fourth-order valence-electron chi connectivity index (χ4n) is 3.86. The van der Waals surface area contributed by atoms with E-state index in [1.54, 1.807) is 4.90 Å². The highest BCUT2D eigenvalue weighted by Crippen LogP contribution is 2.30. The van der Waals surface area contributed by atoms with E-state index in [1.165, 1.54) is 0 Å². The fourth-order valence-corrected chi connectivity index (χ4v) is 4.05. The number of aromatic nitrogens is 2. The van der Waals surface area contributed by atoms with Crippen LogP contribution < -0.4 is 9.64 Å². The molecule has 0 spiro atoms. The second-order valence-corrected chi connectivity index (χ2v) is 7.88. The summed E-state index contributed by atoms with van der Waals surface area (Å²) in [7, 11) is 1.82. The maximum Gasteiger partial charge on any atom is 0.254 e. The predicted octanol–water partition coefficient (Wildman–Crippen LogP) is 3.63. The Morgan fingerprint density at radius 1 is 1.25 bits per heavy atom. The lowest BCUT2D eigenvalue weighted by atomic mass is 10.1. The van der Waals surface area contributed by atoms with Crippen LogP contribution in [0.1, 0.15) is 47.1 Å². The van der Waals surface area contributed by atoms with Crippen molar-refractivity contribution in [1.82, 2.24) is 14.9 Å². The Balaban J connectivity index is 1.42. The third kappa shape index (κ3) is 3.53. The minimum atomic E-state index is 0.0677. The highest BCUT2D eigenvalue weighted by atomic mass is 35.5. The van der Waals surface area contributed by atoms with Crippen LogP contribution in [0.3, 0.4) is 0 Å². The first kappa shape index (κ1) is 19.0. The van der Waals surface area contributed by atoms with E-state index in [9.17, 15) is 4.79 Å². The SMILES string of the molecule is CCc1nc(Cl)c(C)c(N2CCC(Oc3ccc4c(c3)C(=O)N(C)C4)CC2)n1. The molecule has 7 heteroatoms. The lowest BCUT2D eigenvalue weighted by Crippen LogP contribution is -2.39. The summed E-state index contributed by atoms with van der Waals surface area (Å²) in [5.74, 6) is 2.55. The molecule has 0 radical (unpaired) electrons. The molecule has 0 bridgehead atoms. The number of hydrogen-bond acceptors (Lipinski definition) is 5. The first-order valence-electron chi connectivity index (χ1n) is 9.79. The molecular formula is C21H25ClN4O2. The number of benzene rings is 1. The third-order valence-electron chi connectivity index (χ3n) is 5.53. The molecule has 1 aromatic heterocycles. The molecule has 4 rings (SSSR count). The van der Waals surface area contributed by atoms with E-state index in [1.807, 2.05) is 39.1 Å². The van der Waals surface area contributed by atoms with Crippen LogP contribution in [-0.4, -0.2) is 47.0 Å². The maximum absolute atomic E-state index is 12.2. The number of halogens is 1. The molecule has 6 nitrogen and oxygen atoms in total. The molecule has 2 aliphatic heterocycles. The number of rotatable bonds is 4. The zero-order valence-electron chi connectivity index (χ0n) is 16.5. The lowest BCUT2D eigenvalue weighted by Gasteiger charge is -2.34. The van der Waals surface area contributed by atoms with Crippen LogP contribution in [0.15, 0.2) is 18.2 Å². The van der Waals surface area contributed by atoms with Crippen LogP contribution in [0, 0.1) is 6.92 Å². The Bertz CT molecular complexity index is 910. The van der Waals surface area contributed by atoms with Gasteiger partial charge >= 0.3 is 0 Å². The summed E-state index contributed by atoms with van der Waals surface area (Å²) in [4.78, 5) is 25.2. The molecule has 0 atom stereocenters. The molecule has 28 heavy (non-hydrogen) atoms. The molecule has 1 aromatic carbocycles. The first-order chi connectivity index (χ1) is 13.5. The van der Waals surface area contributed by atoms with E-state index in [0.717, 1.165) is 66.4 Å². The number of ether oxygens (including phenoxy) is 1. The number of fused-ring (bicyclic) bond motifs is 1. The highest BCUT2D eigenvalue weighted by Gasteiger charge is 2.27. The van der Waals surface area contributed by atoms with Crippen molar-refractivity contribution < 1.29 is 9.53 Å². The van der Waals surface area contributed by atoms with E-state index in [4.69, 9.17) is 16.3 Å². The van der Waals surface area contributed by atoms with Crippen molar-refractivity contribution in [2.75, 3.05) is 25.0 Å². The fraction of sp³-hybridized carbons (Fsp3) is 0.476. The average Bonchev–Trinajstić information content (AvgIpc) is 2.98. The van der Waals surface area contributed by atoms with Crippen LogP contribution in [0.5, 0.6) is 5.75 Å². The molecule has 0 saturated carbocycles. The quantitative estimate of drug-likeness (QED) is 0.733. The Morgan fingerprint density at radius 3 is 2.71 bits per heavy atom. The predicted molar refractivity (Wildman–Crippen MR) is 109 cm³/mol. The summed E-state index contributed by atoms with van der Waals surface area (Å²) in [6.45, 7) is 6.39. The number of amides is 1.